The standard InChI is InChI=1S/C22H27FN2O.ClH/c23-21-19(15-25-14-13-16-5-2-1-3-6-16)7-4-8-20(21)17-9-11-18(12-10-17)22(24)26;/h4,7-12,16,25H,1-3,5-6,13-15H2,(H2,24,26);1H. The number of nitrogens with one attached hydrogen (secondary N) is 1. The number of carbonyl (C=O) groups is 1. The van der Waals surface area contributed by atoms with Gasteiger partial charge in [-0.25, -0.2) is 4.39 Å². The van der Waals surface area contributed by atoms with E-state index in [1.165, 1.54) is 38.5 Å². The van der Waals surface area contributed by atoms with Crippen molar-refractivity contribution in [2.24, 2.45) is 11.7 Å². The highest BCUT2D eigenvalue weighted by Gasteiger charge is 2.13. The van der Waals surface area contributed by atoms with Crippen molar-refractivity contribution in [3.05, 3.63) is 59.4 Å². The van der Waals surface area contributed by atoms with E-state index < -0.39 is 5.91 Å². The molecule has 1 amide bonds. The highest BCUT2D eigenvalue weighted by Crippen LogP contribution is 2.27. The molecule has 3 N–H and O–H groups in total. The Balaban J connectivity index is 0.00000261. The fourth-order valence-electron chi connectivity index (χ4n) is 3.76. The van der Waals surface area contributed by atoms with E-state index in [9.17, 15) is 9.18 Å². The molecule has 0 radical (unpaired) electrons. The minimum atomic E-state index is -0.479. The predicted molar refractivity (Wildman–Crippen MR) is 111 cm³/mol. The Kier molecular flexibility index (Phi) is 8.26. The van der Waals surface area contributed by atoms with Gasteiger partial charge < -0.3 is 11.1 Å². The van der Waals surface area contributed by atoms with Crippen LogP contribution in [-0.4, -0.2) is 12.5 Å². The van der Waals surface area contributed by atoms with E-state index in [-0.39, 0.29) is 18.2 Å². The van der Waals surface area contributed by atoms with Crippen LogP contribution in [0.25, 0.3) is 11.1 Å². The average molecular weight is 391 g/mol. The number of rotatable bonds is 7. The first-order valence-electron chi connectivity index (χ1n) is 9.53. The van der Waals surface area contributed by atoms with Crippen LogP contribution in [0.4, 0.5) is 4.39 Å². The summed E-state index contributed by atoms with van der Waals surface area (Å²) in [6, 6.07) is 12.2. The summed E-state index contributed by atoms with van der Waals surface area (Å²) in [4.78, 5) is 11.2. The Hall–Kier alpha value is -1.91. The number of amides is 1. The monoisotopic (exact) mass is 390 g/mol. The van der Waals surface area contributed by atoms with Crippen LogP contribution in [-0.2, 0) is 6.54 Å². The Morgan fingerprint density at radius 2 is 1.78 bits per heavy atom. The van der Waals surface area contributed by atoms with Crippen LogP contribution >= 0.6 is 12.4 Å². The minimum Gasteiger partial charge on any atom is -0.366 e. The van der Waals surface area contributed by atoms with Gasteiger partial charge in [-0.3, -0.25) is 4.79 Å². The average Bonchev–Trinajstić information content (AvgIpc) is 2.67. The summed E-state index contributed by atoms with van der Waals surface area (Å²) >= 11 is 0. The second-order valence-corrected chi connectivity index (χ2v) is 7.19. The maximum Gasteiger partial charge on any atom is 0.248 e. The first kappa shape index (κ1) is 21.4. The van der Waals surface area contributed by atoms with Crippen LogP contribution in [0.3, 0.4) is 0 Å². The molecule has 5 heteroatoms. The summed E-state index contributed by atoms with van der Waals surface area (Å²) in [6.07, 6.45) is 7.95. The number of primary amides is 1. The van der Waals surface area contributed by atoms with E-state index in [1.54, 1.807) is 30.3 Å². The van der Waals surface area contributed by atoms with E-state index in [1.807, 2.05) is 12.1 Å². The highest BCUT2D eigenvalue weighted by atomic mass is 35.5. The molecule has 0 atom stereocenters. The summed E-state index contributed by atoms with van der Waals surface area (Å²) in [5.74, 6) is 0.147. The van der Waals surface area contributed by atoms with Crippen LogP contribution in [0.2, 0.25) is 0 Å². The van der Waals surface area contributed by atoms with Crippen LogP contribution in [0.1, 0.15) is 54.4 Å². The van der Waals surface area contributed by atoms with E-state index >= 15 is 0 Å². The summed E-state index contributed by atoms with van der Waals surface area (Å²) in [5, 5.41) is 3.39. The van der Waals surface area contributed by atoms with Crippen LogP contribution < -0.4 is 11.1 Å². The zero-order valence-corrected chi connectivity index (χ0v) is 16.4. The number of benzene rings is 2. The van der Waals surface area contributed by atoms with Gasteiger partial charge in [-0.15, -0.1) is 12.4 Å². The van der Waals surface area contributed by atoms with Crippen molar-refractivity contribution in [3.8, 4) is 11.1 Å². The van der Waals surface area contributed by atoms with Crippen molar-refractivity contribution in [3.63, 3.8) is 0 Å². The Bertz CT molecular complexity index is 742. The molecule has 1 aliphatic rings. The van der Waals surface area contributed by atoms with Crippen LogP contribution in [0.15, 0.2) is 42.5 Å². The van der Waals surface area contributed by atoms with Gasteiger partial charge in [0.1, 0.15) is 5.82 Å². The lowest BCUT2D eigenvalue weighted by molar-refractivity contribution is 0.100. The SMILES string of the molecule is Cl.NC(=O)c1ccc(-c2cccc(CNCCC3CCCCC3)c2F)cc1. The van der Waals surface area contributed by atoms with E-state index in [4.69, 9.17) is 5.73 Å². The molecule has 0 aliphatic heterocycles. The van der Waals surface area contributed by atoms with Crippen molar-refractivity contribution in [1.82, 2.24) is 5.32 Å². The number of hydrogen-bond acceptors (Lipinski definition) is 2. The maximum atomic E-state index is 14.9. The molecular formula is C22H28ClFN2O. The van der Waals surface area contributed by atoms with E-state index in [0.29, 0.717) is 23.2 Å². The van der Waals surface area contributed by atoms with Crippen molar-refractivity contribution >= 4 is 18.3 Å². The predicted octanol–water partition coefficient (Wildman–Crippen LogP) is 5.07. The first-order chi connectivity index (χ1) is 12.6. The fourth-order valence-corrected chi connectivity index (χ4v) is 3.76. The molecule has 1 aliphatic carbocycles. The molecule has 146 valence electrons. The van der Waals surface area contributed by atoms with Crippen molar-refractivity contribution in [2.45, 2.75) is 45.1 Å². The fraction of sp³-hybridized carbons (Fsp3) is 0.409. The van der Waals surface area contributed by atoms with Gasteiger partial charge in [0, 0.05) is 23.2 Å². The normalized spacial score (nSPS) is 14.6. The molecule has 3 rings (SSSR count). The third kappa shape index (κ3) is 5.78. The lowest BCUT2D eigenvalue weighted by Gasteiger charge is -2.21. The van der Waals surface area contributed by atoms with Gasteiger partial charge in [-0.05, 0) is 36.6 Å². The zero-order valence-electron chi connectivity index (χ0n) is 15.5. The molecule has 1 fully saturated rings. The summed E-state index contributed by atoms with van der Waals surface area (Å²) in [5.41, 5.74) is 7.65. The molecule has 2 aromatic carbocycles. The van der Waals surface area contributed by atoms with Gasteiger partial charge in [0.2, 0.25) is 5.91 Å². The molecule has 0 aromatic heterocycles. The summed E-state index contributed by atoms with van der Waals surface area (Å²) < 4.78 is 14.9. The van der Waals surface area contributed by atoms with Gasteiger partial charge in [0.15, 0.2) is 0 Å². The molecule has 0 saturated heterocycles. The molecule has 0 heterocycles. The third-order valence-corrected chi connectivity index (χ3v) is 5.33. The highest BCUT2D eigenvalue weighted by molar-refractivity contribution is 5.93. The molecule has 3 nitrogen and oxygen atoms in total. The molecule has 1 saturated carbocycles. The van der Waals surface area contributed by atoms with Gasteiger partial charge in [0.05, 0.1) is 0 Å². The topological polar surface area (TPSA) is 55.1 Å². The smallest absolute Gasteiger partial charge is 0.248 e. The Labute approximate surface area is 167 Å². The van der Waals surface area contributed by atoms with Crippen molar-refractivity contribution < 1.29 is 9.18 Å². The summed E-state index contributed by atoms with van der Waals surface area (Å²) in [7, 11) is 0. The zero-order chi connectivity index (χ0) is 18.4. The minimum absolute atomic E-state index is 0. The lowest BCUT2D eigenvalue weighted by atomic mass is 9.87. The second-order valence-electron chi connectivity index (χ2n) is 7.19. The largest absolute Gasteiger partial charge is 0.366 e. The number of nitrogens with two attached hydrogens (primary N) is 1. The maximum absolute atomic E-state index is 14.9. The quantitative estimate of drug-likeness (QED) is 0.648. The van der Waals surface area contributed by atoms with Crippen molar-refractivity contribution in [1.29, 1.82) is 0 Å². The summed E-state index contributed by atoms with van der Waals surface area (Å²) in [6.45, 7) is 1.47. The number of halogens is 2. The molecule has 0 bridgehead atoms. The molecule has 0 spiro atoms. The third-order valence-electron chi connectivity index (χ3n) is 5.33. The lowest BCUT2D eigenvalue weighted by Crippen LogP contribution is -2.19. The van der Waals surface area contributed by atoms with E-state index in [2.05, 4.69) is 5.32 Å². The molecule has 27 heavy (non-hydrogen) atoms. The van der Waals surface area contributed by atoms with Gasteiger partial charge >= 0.3 is 0 Å². The van der Waals surface area contributed by atoms with E-state index in [0.717, 1.165) is 18.0 Å². The number of hydrogen-bond donors (Lipinski definition) is 2. The van der Waals surface area contributed by atoms with Gasteiger partial charge in [-0.1, -0.05) is 62.4 Å². The Morgan fingerprint density at radius 1 is 1.07 bits per heavy atom. The molecule has 2 aromatic rings. The Morgan fingerprint density at radius 3 is 2.44 bits per heavy atom. The van der Waals surface area contributed by atoms with Crippen molar-refractivity contribution in [2.75, 3.05) is 6.54 Å². The second kappa shape index (κ2) is 10.4. The van der Waals surface area contributed by atoms with Crippen LogP contribution in [0, 0.1) is 11.7 Å². The van der Waals surface area contributed by atoms with Crippen LogP contribution in [0.5, 0.6) is 0 Å². The number of carbonyl (C=O) groups excluding carboxylic acids is 1. The first-order valence-corrected chi connectivity index (χ1v) is 9.53. The van der Waals surface area contributed by atoms with Gasteiger partial charge in [-0.2, -0.15) is 0 Å². The molecule has 0 unspecified atom stereocenters. The molecular weight excluding hydrogens is 363 g/mol. The van der Waals surface area contributed by atoms with Gasteiger partial charge in [0.25, 0.3) is 0 Å².